The zero-order valence-electron chi connectivity index (χ0n) is 36.0. The number of esters is 1. The van der Waals surface area contributed by atoms with Gasteiger partial charge in [-0.3, -0.25) is 4.79 Å². The molecule has 0 N–H and O–H groups in total. The van der Waals surface area contributed by atoms with Gasteiger partial charge in [0.2, 0.25) is 0 Å². The van der Waals surface area contributed by atoms with Crippen molar-refractivity contribution in [3.05, 3.63) is 76.5 Å². The quantitative estimate of drug-likeness (QED) is 0.0274. The maximum atomic E-state index is 13.6. The van der Waals surface area contributed by atoms with Crippen molar-refractivity contribution >= 4 is 16.9 Å². The van der Waals surface area contributed by atoms with Gasteiger partial charge in [0.25, 0.3) is 0 Å². The maximum Gasteiger partial charge on any atom is 0.338 e. The van der Waals surface area contributed by atoms with E-state index in [0.717, 1.165) is 47.1 Å². The van der Waals surface area contributed by atoms with Gasteiger partial charge in [0.15, 0.2) is 5.43 Å². The van der Waals surface area contributed by atoms with E-state index in [1.165, 1.54) is 167 Å². The molecule has 1 aliphatic carbocycles. The van der Waals surface area contributed by atoms with E-state index in [1.54, 1.807) is 12.1 Å². The minimum absolute atomic E-state index is 0.123. The van der Waals surface area contributed by atoms with E-state index in [0.29, 0.717) is 30.1 Å². The fraction of sp³-hybridized carbons (Fsp3) is 0.615. The molecule has 2 aromatic rings. The Morgan fingerprint density at radius 1 is 0.509 bits per heavy atom. The summed E-state index contributed by atoms with van der Waals surface area (Å²) in [7, 11) is 0. The third-order valence-corrected chi connectivity index (χ3v) is 11.6. The van der Waals surface area contributed by atoms with Gasteiger partial charge >= 0.3 is 5.97 Å². The number of unbranched alkanes of at least 4 members (excludes halogenated alkanes) is 26. The Morgan fingerprint density at radius 2 is 1.00 bits per heavy atom. The van der Waals surface area contributed by atoms with Gasteiger partial charge < -0.3 is 13.9 Å². The highest BCUT2D eigenvalue weighted by Crippen LogP contribution is 2.42. The van der Waals surface area contributed by atoms with Crippen molar-refractivity contribution < 1.29 is 18.7 Å². The number of benzene rings is 3. The summed E-state index contributed by atoms with van der Waals surface area (Å²) < 4.78 is 18.4. The van der Waals surface area contributed by atoms with Crippen LogP contribution in [0.15, 0.2) is 69.9 Å². The first-order valence-electron chi connectivity index (χ1n) is 23.5. The minimum atomic E-state index is -0.323. The highest BCUT2D eigenvalue weighted by molar-refractivity contribution is 6.07. The second-order valence-electron chi connectivity index (χ2n) is 16.5. The minimum Gasteiger partial charge on any atom is -0.493 e. The number of hydrogen-bond acceptors (Lipinski definition) is 5. The van der Waals surface area contributed by atoms with Crippen LogP contribution < -0.4 is 10.2 Å². The van der Waals surface area contributed by atoms with E-state index in [4.69, 9.17) is 13.9 Å². The Balaban J connectivity index is 1.23. The van der Waals surface area contributed by atoms with Crippen LogP contribution in [0, 0.1) is 0 Å². The summed E-state index contributed by atoms with van der Waals surface area (Å²) in [6, 6.07) is 18.4. The molecular weight excluding hydrogens is 705 g/mol. The lowest BCUT2D eigenvalue weighted by Crippen LogP contribution is -2.09. The number of fused-ring (bicyclic) bond motifs is 2. The van der Waals surface area contributed by atoms with Gasteiger partial charge in [0.1, 0.15) is 17.1 Å². The Bertz CT molecular complexity index is 1690. The average molecular weight is 781 g/mol. The Labute approximate surface area is 346 Å². The van der Waals surface area contributed by atoms with Crippen LogP contribution in [0.5, 0.6) is 5.75 Å². The normalized spacial score (nSPS) is 11.5. The third kappa shape index (κ3) is 17.4. The first-order chi connectivity index (χ1) is 28.1. The monoisotopic (exact) mass is 781 g/mol. The molecule has 0 amide bonds. The fourth-order valence-corrected chi connectivity index (χ4v) is 8.14. The van der Waals surface area contributed by atoms with Crippen LogP contribution >= 0.6 is 0 Å². The van der Waals surface area contributed by atoms with Crippen molar-refractivity contribution in [1.29, 1.82) is 0 Å². The molecule has 0 unspecified atom stereocenters. The molecule has 2 aromatic carbocycles. The predicted octanol–water partition coefficient (Wildman–Crippen LogP) is 16.1. The summed E-state index contributed by atoms with van der Waals surface area (Å²) in [5.41, 5.74) is 3.42. The molecule has 314 valence electrons. The molecule has 5 heteroatoms. The second kappa shape index (κ2) is 28.7. The summed E-state index contributed by atoms with van der Waals surface area (Å²) in [4.78, 5) is 26.0. The molecule has 0 spiro atoms. The largest absolute Gasteiger partial charge is 0.493 e. The number of carbonyl (C=O) groups is 1. The van der Waals surface area contributed by atoms with E-state index in [2.05, 4.69) is 13.8 Å². The summed E-state index contributed by atoms with van der Waals surface area (Å²) in [5, 5.41) is 0.859. The summed E-state index contributed by atoms with van der Waals surface area (Å²) in [6.07, 6.45) is 36.6. The van der Waals surface area contributed by atoms with E-state index in [1.807, 2.05) is 42.5 Å². The fourth-order valence-electron chi connectivity index (χ4n) is 8.14. The Hall–Kier alpha value is -3.60. The number of hydrogen-bond donors (Lipinski definition) is 0. The SMILES string of the molecule is CCCCCCCCCCCCCCCCOC(=O)c1ccccc1-c1c2ccc(=O)cc-2oc2cc(OCCCCCCCCCCCCCCCC)ccc12. The first-order valence-corrected chi connectivity index (χ1v) is 23.5. The van der Waals surface area contributed by atoms with Gasteiger partial charge in [-0.1, -0.05) is 199 Å². The molecule has 1 aliphatic heterocycles. The molecule has 0 radical (unpaired) electrons. The first kappa shape index (κ1) is 46.1. The average Bonchev–Trinajstić information content (AvgIpc) is 3.22. The van der Waals surface area contributed by atoms with Crippen molar-refractivity contribution in [2.45, 2.75) is 194 Å². The summed E-state index contributed by atoms with van der Waals surface area (Å²) >= 11 is 0. The molecule has 5 nitrogen and oxygen atoms in total. The molecule has 0 saturated heterocycles. The lowest BCUT2D eigenvalue weighted by molar-refractivity contribution is 0.0498. The van der Waals surface area contributed by atoms with Gasteiger partial charge in [0.05, 0.1) is 18.8 Å². The third-order valence-electron chi connectivity index (χ3n) is 11.6. The van der Waals surface area contributed by atoms with Gasteiger partial charge in [-0.05, 0) is 48.7 Å². The lowest BCUT2D eigenvalue weighted by atomic mass is 9.91. The van der Waals surface area contributed by atoms with Gasteiger partial charge in [-0.25, -0.2) is 4.79 Å². The van der Waals surface area contributed by atoms with E-state index in [9.17, 15) is 9.59 Å². The zero-order chi connectivity index (χ0) is 40.2. The molecule has 1 heterocycles. The van der Waals surface area contributed by atoms with Crippen LogP contribution in [0.4, 0.5) is 0 Å². The molecule has 0 bridgehead atoms. The molecular formula is C52H76O5. The molecule has 0 aromatic heterocycles. The topological polar surface area (TPSA) is 65.7 Å². The van der Waals surface area contributed by atoms with E-state index >= 15 is 0 Å². The van der Waals surface area contributed by atoms with Crippen molar-refractivity contribution in [3.8, 4) is 28.2 Å². The Morgan fingerprint density at radius 3 is 1.54 bits per heavy atom. The van der Waals surface area contributed by atoms with Gasteiger partial charge in [0, 0.05) is 28.6 Å². The molecule has 0 fully saturated rings. The lowest BCUT2D eigenvalue weighted by Gasteiger charge is -2.18. The van der Waals surface area contributed by atoms with Crippen LogP contribution in [-0.2, 0) is 4.74 Å². The van der Waals surface area contributed by atoms with Crippen LogP contribution in [0.25, 0.3) is 33.4 Å². The van der Waals surface area contributed by atoms with Crippen LogP contribution in [0.2, 0.25) is 0 Å². The molecule has 2 aliphatic rings. The van der Waals surface area contributed by atoms with E-state index in [-0.39, 0.29) is 11.4 Å². The van der Waals surface area contributed by atoms with E-state index < -0.39 is 0 Å². The van der Waals surface area contributed by atoms with Crippen LogP contribution in [0.1, 0.15) is 204 Å². The number of carbonyl (C=O) groups excluding carboxylic acids is 1. The van der Waals surface area contributed by atoms with Crippen LogP contribution in [0.3, 0.4) is 0 Å². The predicted molar refractivity (Wildman–Crippen MR) is 241 cm³/mol. The van der Waals surface area contributed by atoms with Crippen LogP contribution in [-0.4, -0.2) is 19.2 Å². The summed E-state index contributed by atoms with van der Waals surface area (Å²) in [6.45, 7) is 5.62. The second-order valence-corrected chi connectivity index (χ2v) is 16.5. The van der Waals surface area contributed by atoms with Crippen molar-refractivity contribution in [1.82, 2.24) is 0 Å². The zero-order valence-corrected chi connectivity index (χ0v) is 36.0. The maximum absolute atomic E-state index is 13.6. The highest BCUT2D eigenvalue weighted by Gasteiger charge is 2.22. The Kier molecular flexibility index (Phi) is 23.2. The molecule has 57 heavy (non-hydrogen) atoms. The molecule has 0 atom stereocenters. The van der Waals surface area contributed by atoms with Gasteiger partial charge in [-0.15, -0.1) is 0 Å². The highest BCUT2D eigenvalue weighted by atomic mass is 16.5. The summed E-state index contributed by atoms with van der Waals surface area (Å²) in [5.74, 6) is 0.904. The number of rotatable bonds is 33. The standard InChI is InChI=1S/C52H76O5/c1-3-5-7-9-11-13-15-17-19-21-23-25-27-31-39-55-44-36-38-48-50(42-44)57-49-41-43(53)35-37-47(49)51(48)45-33-29-30-34-46(45)52(54)56-40-32-28-26-24-22-20-18-16-14-12-10-8-6-4-2/h29-30,33-38,41-42H,3-28,31-32,39-40H2,1-2H3. The van der Waals surface area contributed by atoms with Crippen molar-refractivity contribution in [3.63, 3.8) is 0 Å². The van der Waals surface area contributed by atoms with Crippen molar-refractivity contribution in [2.24, 2.45) is 0 Å². The molecule has 0 saturated carbocycles. The number of ether oxygens (including phenoxy) is 2. The molecule has 4 rings (SSSR count). The van der Waals surface area contributed by atoms with Gasteiger partial charge in [-0.2, -0.15) is 0 Å². The smallest absolute Gasteiger partial charge is 0.338 e. The van der Waals surface area contributed by atoms with Crippen molar-refractivity contribution in [2.75, 3.05) is 13.2 Å².